The highest BCUT2D eigenvalue weighted by atomic mass is 32.1. The van der Waals surface area contributed by atoms with E-state index in [0.29, 0.717) is 24.5 Å². The molecular formula is C29H40N8O3S. The van der Waals surface area contributed by atoms with E-state index >= 15 is 0 Å². The number of aromatic nitrogens is 4. The molecular weight excluding hydrogens is 540 g/mol. The third kappa shape index (κ3) is 5.98. The van der Waals surface area contributed by atoms with Crippen molar-refractivity contribution < 1.29 is 14.2 Å². The quantitative estimate of drug-likeness (QED) is 0.447. The molecule has 0 radical (unpaired) electrons. The first kappa shape index (κ1) is 27.2. The standard InChI is InChI=1S/C29H40N8O3S/c1-29(2)15-22-23(18-39-29)41-26-24(22)25(40-21-5-3-20(4-6-21)36-11-13-38-14-12-36)34-27(35-26)33-19-16-31-28(32-17-19)37-9-7-30-8-10-37/h16-17,20-21,30H,3-15,18H2,1-2H3,(H,33,34,35)/t20-,21-. The van der Waals surface area contributed by atoms with E-state index in [-0.39, 0.29) is 11.7 Å². The minimum atomic E-state index is -0.227. The highest BCUT2D eigenvalue weighted by Gasteiger charge is 2.33. The summed E-state index contributed by atoms with van der Waals surface area (Å²) in [4.78, 5) is 26.0. The summed E-state index contributed by atoms with van der Waals surface area (Å²) in [5.74, 6) is 1.94. The van der Waals surface area contributed by atoms with Crippen molar-refractivity contribution in [2.45, 2.75) is 70.3 Å². The average molecular weight is 581 g/mol. The van der Waals surface area contributed by atoms with E-state index in [9.17, 15) is 0 Å². The molecule has 11 nitrogen and oxygen atoms in total. The Morgan fingerprint density at radius 2 is 1.78 bits per heavy atom. The van der Waals surface area contributed by atoms with E-state index in [4.69, 9.17) is 24.2 Å². The van der Waals surface area contributed by atoms with Crippen LogP contribution in [0.1, 0.15) is 50.0 Å². The van der Waals surface area contributed by atoms with Crippen molar-refractivity contribution in [1.29, 1.82) is 0 Å². The van der Waals surface area contributed by atoms with Gasteiger partial charge in [0, 0.05) is 56.6 Å². The zero-order chi connectivity index (χ0) is 27.8. The Bertz CT molecular complexity index is 1350. The summed E-state index contributed by atoms with van der Waals surface area (Å²) in [6.07, 6.45) is 8.91. The van der Waals surface area contributed by atoms with Crippen LogP contribution in [-0.2, 0) is 22.5 Å². The maximum Gasteiger partial charge on any atom is 0.232 e. The van der Waals surface area contributed by atoms with Crippen LogP contribution in [0.5, 0.6) is 5.88 Å². The Morgan fingerprint density at radius 1 is 1.02 bits per heavy atom. The smallest absolute Gasteiger partial charge is 0.232 e. The Hall–Kier alpha value is -2.64. The molecule has 2 saturated heterocycles. The summed E-state index contributed by atoms with van der Waals surface area (Å²) in [7, 11) is 0. The summed E-state index contributed by atoms with van der Waals surface area (Å²) < 4.78 is 18.5. The van der Waals surface area contributed by atoms with Crippen molar-refractivity contribution in [3.63, 3.8) is 0 Å². The van der Waals surface area contributed by atoms with E-state index in [2.05, 4.69) is 44.2 Å². The number of nitrogens with zero attached hydrogens (tertiary/aromatic N) is 6. The molecule has 220 valence electrons. The van der Waals surface area contributed by atoms with Gasteiger partial charge < -0.3 is 29.7 Å². The fourth-order valence-electron chi connectivity index (χ4n) is 6.42. The lowest BCUT2D eigenvalue weighted by atomic mass is 9.91. The van der Waals surface area contributed by atoms with Crippen molar-refractivity contribution in [1.82, 2.24) is 30.2 Å². The highest BCUT2D eigenvalue weighted by Crippen LogP contribution is 2.43. The molecule has 3 aromatic rings. The molecule has 3 aromatic heterocycles. The molecule has 6 heterocycles. The second kappa shape index (κ2) is 11.6. The van der Waals surface area contributed by atoms with Crippen LogP contribution in [0.3, 0.4) is 0 Å². The van der Waals surface area contributed by atoms with Crippen LogP contribution in [0, 0.1) is 0 Å². The number of rotatable bonds is 6. The summed E-state index contributed by atoms with van der Waals surface area (Å²) in [5.41, 5.74) is 1.80. The molecule has 0 unspecified atom stereocenters. The van der Waals surface area contributed by atoms with E-state index in [1.165, 1.54) is 10.4 Å². The number of nitrogens with one attached hydrogen (secondary N) is 2. The van der Waals surface area contributed by atoms with Gasteiger partial charge in [-0.25, -0.2) is 15.0 Å². The van der Waals surface area contributed by atoms with Crippen molar-refractivity contribution in [3.05, 3.63) is 22.8 Å². The summed E-state index contributed by atoms with van der Waals surface area (Å²) in [6.45, 7) is 12.4. The minimum absolute atomic E-state index is 0.142. The minimum Gasteiger partial charge on any atom is -0.474 e. The molecule has 0 amide bonds. The van der Waals surface area contributed by atoms with Gasteiger partial charge in [0.05, 0.1) is 48.9 Å². The van der Waals surface area contributed by atoms with E-state index in [1.54, 1.807) is 23.7 Å². The number of hydrogen-bond acceptors (Lipinski definition) is 12. The first-order chi connectivity index (χ1) is 20.0. The predicted octanol–water partition coefficient (Wildman–Crippen LogP) is 3.51. The van der Waals surface area contributed by atoms with Gasteiger partial charge in [-0.2, -0.15) is 4.98 Å². The Morgan fingerprint density at radius 3 is 2.54 bits per heavy atom. The molecule has 0 bridgehead atoms. The van der Waals surface area contributed by atoms with Crippen LogP contribution in [0.25, 0.3) is 10.2 Å². The summed E-state index contributed by atoms with van der Waals surface area (Å²) in [5, 5.41) is 7.76. The fraction of sp³-hybridized carbons (Fsp3) is 0.655. The van der Waals surface area contributed by atoms with Gasteiger partial charge in [0.1, 0.15) is 10.9 Å². The largest absolute Gasteiger partial charge is 0.474 e. The van der Waals surface area contributed by atoms with Crippen LogP contribution in [0.2, 0.25) is 0 Å². The Kier molecular flexibility index (Phi) is 7.67. The molecule has 0 aromatic carbocycles. The molecule has 3 aliphatic heterocycles. The van der Waals surface area contributed by atoms with Crippen molar-refractivity contribution in [3.8, 4) is 5.88 Å². The SMILES string of the molecule is CC1(C)Cc2c(sc3nc(Nc4cnc(N5CCNCC5)nc4)nc(O[C@H]4CC[C@H](N5CCOCC5)CC4)c23)CO1. The van der Waals surface area contributed by atoms with Gasteiger partial charge in [-0.15, -0.1) is 11.3 Å². The highest BCUT2D eigenvalue weighted by molar-refractivity contribution is 7.18. The monoisotopic (exact) mass is 580 g/mol. The lowest BCUT2D eigenvalue weighted by Crippen LogP contribution is -2.46. The molecule has 3 fully saturated rings. The molecule has 1 aliphatic carbocycles. The molecule has 0 spiro atoms. The fourth-order valence-corrected chi connectivity index (χ4v) is 7.52. The summed E-state index contributed by atoms with van der Waals surface area (Å²) in [6, 6.07) is 0.623. The second-order valence-corrected chi connectivity index (χ2v) is 13.2. The Labute approximate surface area is 245 Å². The second-order valence-electron chi connectivity index (χ2n) is 12.1. The number of morpholine rings is 1. The van der Waals surface area contributed by atoms with Gasteiger partial charge in [0.25, 0.3) is 0 Å². The van der Waals surface area contributed by atoms with E-state index in [0.717, 1.165) is 106 Å². The number of hydrogen-bond donors (Lipinski definition) is 2. The summed E-state index contributed by atoms with van der Waals surface area (Å²) >= 11 is 1.68. The predicted molar refractivity (Wildman–Crippen MR) is 159 cm³/mol. The van der Waals surface area contributed by atoms with Crippen molar-refractivity contribution in [2.24, 2.45) is 0 Å². The van der Waals surface area contributed by atoms with E-state index < -0.39 is 0 Å². The van der Waals surface area contributed by atoms with Gasteiger partial charge in [-0.1, -0.05) is 0 Å². The number of ether oxygens (including phenoxy) is 3. The lowest BCUT2D eigenvalue weighted by Gasteiger charge is -2.38. The van der Waals surface area contributed by atoms with Crippen molar-refractivity contribution >= 4 is 39.1 Å². The number of fused-ring (bicyclic) bond motifs is 3. The number of piperazine rings is 1. The van der Waals surface area contributed by atoms with Crippen LogP contribution in [0.4, 0.5) is 17.6 Å². The topological polar surface area (TPSA) is 110 Å². The maximum absolute atomic E-state index is 6.76. The van der Waals surface area contributed by atoms with Crippen LogP contribution < -0.4 is 20.3 Å². The van der Waals surface area contributed by atoms with Crippen molar-refractivity contribution in [2.75, 3.05) is 62.7 Å². The Balaban J connectivity index is 1.13. The molecule has 41 heavy (non-hydrogen) atoms. The molecule has 2 N–H and O–H groups in total. The normalized spacial score (nSPS) is 25.2. The number of anilines is 3. The molecule has 4 aliphatic rings. The van der Waals surface area contributed by atoms with Crippen LogP contribution in [-0.4, -0.2) is 95.1 Å². The molecule has 7 rings (SSSR count). The third-order valence-electron chi connectivity index (χ3n) is 8.68. The zero-order valence-electron chi connectivity index (χ0n) is 24.0. The zero-order valence-corrected chi connectivity index (χ0v) is 24.8. The number of thiophene rings is 1. The van der Waals surface area contributed by atoms with E-state index in [1.807, 2.05) is 0 Å². The van der Waals surface area contributed by atoms with Crippen LogP contribution >= 0.6 is 11.3 Å². The van der Waals surface area contributed by atoms with Crippen LogP contribution in [0.15, 0.2) is 12.4 Å². The maximum atomic E-state index is 6.76. The molecule has 0 atom stereocenters. The molecule has 12 heteroatoms. The first-order valence-electron chi connectivity index (χ1n) is 15.0. The third-order valence-corrected chi connectivity index (χ3v) is 9.78. The van der Waals surface area contributed by atoms with Gasteiger partial charge in [-0.05, 0) is 45.1 Å². The van der Waals surface area contributed by atoms with Gasteiger partial charge in [0.15, 0.2) is 0 Å². The van der Waals surface area contributed by atoms with Gasteiger partial charge in [0.2, 0.25) is 17.8 Å². The van der Waals surface area contributed by atoms with Gasteiger partial charge >= 0.3 is 0 Å². The molecule has 1 saturated carbocycles. The lowest BCUT2D eigenvalue weighted by molar-refractivity contribution is -0.0379. The van der Waals surface area contributed by atoms with Gasteiger partial charge in [-0.3, -0.25) is 4.90 Å². The average Bonchev–Trinajstić information content (AvgIpc) is 3.35. The first-order valence-corrected chi connectivity index (χ1v) is 15.8.